The van der Waals surface area contributed by atoms with Crippen molar-refractivity contribution in [1.29, 1.82) is 0 Å². The van der Waals surface area contributed by atoms with Gasteiger partial charge in [-0.3, -0.25) is 0 Å². The van der Waals surface area contributed by atoms with Crippen molar-refractivity contribution in [2.24, 2.45) is 0 Å². The third-order valence-corrected chi connectivity index (χ3v) is 27.7. The topological polar surface area (TPSA) is 25.8 Å². The number of hydrogen-bond acceptors (Lipinski definition) is 7. The Morgan fingerprint density at radius 1 is 0.286 bits per heavy atom. The molecule has 0 fully saturated rings. The van der Waals surface area contributed by atoms with Gasteiger partial charge in [0.1, 0.15) is 11.0 Å². The van der Waals surface area contributed by atoms with E-state index in [0.717, 1.165) is 17.5 Å². The fourth-order valence-corrected chi connectivity index (χ4v) is 21.7. The largest absolute Gasteiger partial charge is 0.172 e. The molecule has 0 spiro atoms. The maximum absolute atomic E-state index is 4.94. The fraction of sp³-hybridized carbons (Fsp3) is 0.495. The van der Waals surface area contributed by atoms with Gasteiger partial charge in [-0.2, -0.15) is 8.75 Å². The zero-order chi connectivity index (χ0) is 67.5. The standard InChI is InChI=1S/C91H114N2S5/c1-7-11-15-19-23-25-27-29-33-37-59-91(60-38-34-30-28-26-24-20-16-12-8-2)79-63-68(41-46-73(79)75-48-42-69(64-81(75)91)82-53-55-85(96-82)77-50-49-76(84-51-40-67(6)94-84)88-89(77)93-98-92-88)62-71-44-52-86(95-71)87-56-54-83(97-87)70-43-47-74-72-45-39-66(5)61-78(72)90(80(74)65-70,57-35-31-21-17-13-9-3)58-36-32-22-18-14-10-4/h39-56,61,63-65H,7-38,57-60,62H2,1-6H3. The summed E-state index contributed by atoms with van der Waals surface area (Å²) in [6.07, 6.45) is 49.2. The monoisotopic (exact) mass is 1390 g/mol. The molecule has 2 aliphatic rings. The molecule has 0 bridgehead atoms. The lowest BCUT2D eigenvalue weighted by atomic mass is 9.70. The van der Waals surface area contributed by atoms with Crippen LogP contribution in [0.25, 0.3) is 84.8 Å². The molecule has 0 saturated carbocycles. The number of aryl methyl sites for hydroxylation is 2. The summed E-state index contributed by atoms with van der Waals surface area (Å²) in [5.74, 6) is 0. The van der Waals surface area contributed by atoms with E-state index in [2.05, 4.69) is 175 Å². The minimum Gasteiger partial charge on any atom is -0.172 e. The average molecular weight is 1400 g/mol. The van der Waals surface area contributed by atoms with Crippen molar-refractivity contribution in [2.75, 3.05) is 0 Å². The first-order valence-corrected chi connectivity index (χ1v) is 43.4. The van der Waals surface area contributed by atoms with Crippen molar-refractivity contribution in [1.82, 2.24) is 8.75 Å². The van der Waals surface area contributed by atoms with Crippen molar-refractivity contribution in [3.8, 4) is 73.8 Å². The highest BCUT2D eigenvalue weighted by atomic mass is 32.1. The Bertz CT molecular complexity index is 4080. The molecule has 2 aliphatic carbocycles. The second-order valence-corrected chi connectivity index (χ2v) is 35.0. The van der Waals surface area contributed by atoms with E-state index in [1.807, 2.05) is 45.3 Å². The predicted octanol–water partition coefficient (Wildman–Crippen LogP) is 31.1. The molecule has 0 radical (unpaired) electrons. The van der Waals surface area contributed by atoms with Gasteiger partial charge in [0.25, 0.3) is 0 Å². The number of rotatable bonds is 43. The molecule has 0 saturated heterocycles. The molecule has 98 heavy (non-hydrogen) atoms. The summed E-state index contributed by atoms with van der Waals surface area (Å²) in [7, 11) is 0. The van der Waals surface area contributed by atoms with Crippen molar-refractivity contribution in [2.45, 2.75) is 290 Å². The molecule has 7 heteroatoms. The maximum Gasteiger partial charge on any atom is 0.114 e. The van der Waals surface area contributed by atoms with Crippen LogP contribution in [0, 0.1) is 13.8 Å². The number of benzene rings is 5. The number of hydrogen-bond donors (Lipinski definition) is 0. The number of thiophene rings is 4. The molecule has 0 amide bonds. The molecule has 5 heterocycles. The van der Waals surface area contributed by atoms with Crippen LogP contribution < -0.4 is 0 Å². The summed E-state index contributed by atoms with van der Waals surface area (Å²) in [4.78, 5) is 10.8. The molecule has 5 aromatic carbocycles. The number of unbranched alkanes of at least 4 members (excludes halogenated alkanes) is 28. The zero-order valence-corrected chi connectivity index (χ0v) is 64.9. The van der Waals surface area contributed by atoms with Crippen LogP contribution in [0.5, 0.6) is 0 Å². The first-order valence-electron chi connectivity index (χ1n) is 39.4. The third-order valence-electron chi connectivity index (χ3n) is 22.5. The number of aromatic nitrogens is 2. The van der Waals surface area contributed by atoms with E-state index < -0.39 is 0 Å². The molecule has 0 unspecified atom stereocenters. The van der Waals surface area contributed by atoms with Gasteiger partial charge in [0.2, 0.25) is 0 Å². The van der Waals surface area contributed by atoms with Crippen molar-refractivity contribution >= 4 is 68.1 Å². The van der Waals surface area contributed by atoms with Crippen molar-refractivity contribution < 1.29 is 0 Å². The summed E-state index contributed by atoms with van der Waals surface area (Å²) in [5, 5.41) is 0. The van der Waals surface area contributed by atoms with Crippen molar-refractivity contribution in [3.05, 3.63) is 177 Å². The van der Waals surface area contributed by atoms with Crippen LogP contribution in [0.4, 0.5) is 0 Å². The van der Waals surface area contributed by atoms with E-state index in [1.165, 1.54) is 338 Å². The van der Waals surface area contributed by atoms with Crippen LogP contribution in [0.2, 0.25) is 0 Å². The Morgan fingerprint density at radius 2 is 0.633 bits per heavy atom. The van der Waals surface area contributed by atoms with Crippen LogP contribution in [-0.2, 0) is 17.3 Å². The quantitative estimate of drug-likeness (QED) is 0.0356. The smallest absolute Gasteiger partial charge is 0.114 e. The third kappa shape index (κ3) is 17.3. The van der Waals surface area contributed by atoms with Gasteiger partial charge in [0, 0.05) is 67.4 Å². The Kier molecular flexibility index (Phi) is 26.7. The Morgan fingerprint density at radius 3 is 1.09 bits per heavy atom. The van der Waals surface area contributed by atoms with Gasteiger partial charge in [0.05, 0.1) is 11.7 Å². The molecular weight excluding hydrogens is 1280 g/mol. The predicted molar refractivity (Wildman–Crippen MR) is 436 cm³/mol. The summed E-state index contributed by atoms with van der Waals surface area (Å²) in [6.45, 7) is 13.8. The highest BCUT2D eigenvalue weighted by Gasteiger charge is 2.44. The van der Waals surface area contributed by atoms with E-state index in [0.29, 0.717) is 0 Å². The van der Waals surface area contributed by atoms with E-state index >= 15 is 0 Å². The first-order chi connectivity index (χ1) is 48.2. The van der Waals surface area contributed by atoms with E-state index in [4.69, 9.17) is 8.75 Å². The van der Waals surface area contributed by atoms with Gasteiger partial charge in [-0.05, 0) is 161 Å². The normalized spacial score (nSPS) is 13.4. The van der Waals surface area contributed by atoms with Gasteiger partial charge in [0.15, 0.2) is 0 Å². The minimum atomic E-state index is -0.0269. The number of fused-ring (bicyclic) bond motifs is 7. The molecule has 0 atom stereocenters. The van der Waals surface area contributed by atoms with Gasteiger partial charge in [-0.25, -0.2) is 0 Å². The Hall–Kier alpha value is -5.28. The molecule has 0 aliphatic heterocycles. The van der Waals surface area contributed by atoms with Gasteiger partial charge < -0.3 is 0 Å². The number of nitrogens with zero attached hydrogens (tertiary/aromatic N) is 2. The Labute approximate surface area is 612 Å². The average Bonchev–Trinajstić information content (AvgIpc) is 1.57. The van der Waals surface area contributed by atoms with Crippen LogP contribution in [0.1, 0.15) is 302 Å². The second kappa shape index (κ2) is 36.0. The van der Waals surface area contributed by atoms with Crippen LogP contribution >= 0.6 is 57.1 Å². The molecule has 0 N–H and O–H groups in total. The molecule has 12 rings (SSSR count). The van der Waals surface area contributed by atoms with Crippen molar-refractivity contribution in [3.63, 3.8) is 0 Å². The first kappa shape index (κ1) is 72.5. The fourth-order valence-electron chi connectivity index (χ4n) is 17.1. The zero-order valence-electron chi connectivity index (χ0n) is 60.8. The van der Waals surface area contributed by atoms with Gasteiger partial charge in [-0.1, -0.05) is 312 Å². The lowest BCUT2D eigenvalue weighted by molar-refractivity contribution is 0.396. The summed E-state index contributed by atoms with van der Waals surface area (Å²) < 4.78 is 9.83. The minimum absolute atomic E-state index is 0.0269. The maximum atomic E-state index is 4.94. The van der Waals surface area contributed by atoms with Gasteiger partial charge >= 0.3 is 0 Å². The lowest BCUT2D eigenvalue weighted by Gasteiger charge is -2.33. The molecular formula is C91H114N2S5. The van der Waals surface area contributed by atoms with E-state index in [1.54, 1.807) is 22.3 Å². The van der Waals surface area contributed by atoms with E-state index in [9.17, 15) is 0 Å². The highest BCUT2D eigenvalue weighted by Crippen LogP contribution is 2.58. The van der Waals surface area contributed by atoms with E-state index in [-0.39, 0.29) is 10.8 Å². The van der Waals surface area contributed by atoms with Gasteiger partial charge in [-0.15, -0.1) is 45.3 Å². The van der Waals surface area contributed by atoms with Crippen LogP contribution in [-0.4, -0.2) is 8.75 Å². The summed E-state index contributed by atoms with van der Waals surface area (Å²) in [6, 6.07) is 53.9. The summed E-state index contributed by atoms with van der Waals surface area (Å²) >= 11 is 9.11. The van der Waals surface area contributed by atoms with Crippen LogP contribution in [0.15, 0.2) is 133 Å². The molecule has 2 nitrogen and oxygen atoms in total. The second-order valence-electron chi connectivity index (χ2n) is 29.8. The molecule has 518 valence electrons. The van der Waals surface area contributed by atoms with Crippen LogP contribution in [0.3, 0.4) is 0 Å². The molecule has 10 aromatic rings. The SMILES string of the molecule is CCCCCCCCCCCCC1(CCCCCCCCCCCC)c2cc(Cc3ccc(-c4ccc(-c5ccc6c(c5)C(CCCCCCCC)(CCCCCCCC)c5cc(C)ccc5-6)s4)s3)ccc2-c2ccc(-c3ccc(-c4ccc(-c5ccc(C)s5)c5nsnc45)s3)cc21. The summed E-state index contributed by atoms with van der Waals surface area (Å²) in [5.41, 5.74) is 22.4. The Balaban J connectivity index is 0.821. The highest BCUT2D eigenvalue weighted by molar-refractivity contribution is 7.24. The lowest BCUT2D eigenvalue weighted by Crippen LogP contribution is -2.26. The molecule has 5 aromatic heterocycles.